The molecule has 0 aromatic heterocycles. The molecule has 5 aromatic carbocycles. The molecule has 10 nitrogen and oxygen atoms in total. The maximum Gasteiger partial charge on any atom is 0.407 e. The maximum atomic E-state index is 13.0. The fraction of sp³-hybridized carbons (Fsp3) is 0.255. The molecule has 0 saturated carbocycles. The Bertz CT molecular complexity index is 2740. The minimum absolute atomic E-state index is 0.0979. The summed E-state index contributed by atoms with van der Waals surface area (Å²) in [6.07, 6.45) is 10.0. The standard InChI is InChI=1S/C32H34N2O3.C19H18N2O3/c1-32(2,3)37-31(36)34-20-22-8-6-7-21(17-22)19-33-30(35)25-13-14-27-24(18-25)12-16-28-26-10-5-4-9-23(26)11-15-29(27)28;1-2-13-7-4-6-10-17(13)21-12-14-8-3-5-9-15(14)20-16(19(21)24)11-18(22)23/h6-9,11-15,17-18H,4-5,10,16,19-20H2,1-3H3,(H,33,35)(H,34,36);2-10,16,20H,1,11-12H2,(H,22,23). The zero-order chi connectivity index (χ0) is 43.1. The molecule has 8 rings (SSSR count). The molecule has 0 fully saturated rings. The average Bonchev–Trinajstić information content (AvgIpc) is 3.39. The average molecular weight is 817 g/mol. The van der Waals surface area contributed by atoms with Crippen LogP contribution in [0.2, 0.25) is 0 Å². The van der Waals surface area contributed by atoms with Crippen LogP contribution in [0.1, 0.15) is 83.8 Å². The second-order valence-electron chi connectivity index (χ2n) is 16.5. The van der Waals surface area contributed by atoms with E-state index in [0.29, 0.717) is 25.2 Å². The van der Waals surface area contributed by atoms with Crippen molar-refractivity contribution in [2.75, 3.05) is 10.2 Å². The molecule has 5 aromatic rings. The van der Waals surface area contributed by atoms with Crippen LogP contribution in [0.3, 0.4) is 0 Å². The van der Waals surface area contributed by atoms with Crippen LogP contribution in [0.15, 0.2) is 110 Å². The van der Waals surface area contributed by atoms with Crippen molar-refractivity contribution in [3.63, 3.8) is 0 Å². The number of nitrogens with one attached hydrogen (secondary N) is 3. The largest absolute Gasteiger partial charge is 0.481 e. The number of amides is 3. The zero-order valence-electron chi connectivity index (χ0n) is 34.9. The van der Waals surface area contributed by atoms with Crippen molar-refractivity contribution in [2.45, 2.75) is 84.2 Å². The molecule has 1 heterocycles. The number of nitrogens with zero attached hydrogens (tertiary/aromatic N) is 1. The summed E-state index contributed by atoms with van der Waals surface area (Å²) < 4.78 is 5.29. The molecule has 1 aliphatic heterocycles. The van der Waals surface area contributed by atoms with Gasteiger partial charge in [-0.25, -0.2) is 4.79 Å². The molecule has 3 aliphatic rings. The van der Waals surface area contributed by atoms with E-state index >= 15 is 0 Å². The van der Waals surface area contributed by atoms with E-state index in [1.54, 1.807) is 11.0 Å². The number of carboxylic acids is 1. The Labute approximate surface area is 356 Å². The molecule has 61 heavy (non-hydrogen) atoms. The SMILES string of the molecule is C=Cc1ccccc1N1Cc2ccccc2NC(CC(=O)O)C1=O.CC(C)(C)OC(=O)NCc1cccc(CNC(=O)c2ccc3c(c2)=CCc2c4c(ccc2=3)=CCCC4)c1. The summed E-state index contributed by atoms with van der Waals surface area (Å²) in [5.74, 6) is -1.38. The second-order valence-corrected chi connectivity index (χ2v) is 16.5. The summed E-state index contributed by atoms with van der Waals surface area (Å²) >= 11 is 0. The number of aliphatic carboxylic acids is 1. The molecule has 1 atom stereocenters. The van der Waals surface area contributed by atoms with E-state index < -0.39 is 23.7 Å². The molecular weight excluding hydrogens is 765 g/mol. The lowest BCUT2D eigenvalue weighted by Crippen LogP contribution is -2.42. The first-order chi connectivity index (χ1) is 29.4. The van der Waals surface area contributed by atoms with Gasteiger partial charge in [0, 0.05) is 24.3 Å². The van der Waals surface area contributed by atoms with Crippen LogP contribution < -0.4 is 31.3 Å². The first-order valence-corrected chi connectivity index (χ1v) is 20.7. The van der Waals surface area contributed by atoms with Gasteiger partial charge >= 0.3 is 12.1 Å². The van der Waals surface area contributed by atoms with E-state index in [1.807, 2.05) is 106 Å². The molecule has 10 heteroatoms. The number of fused-ring (bicyclic) bond motifs is 5. The number of hydrogen-bond donors (Lipinski definition) is 4. The minimum Gasteiger partial charge on any atom is -0.481 e. The Hall–Kier alpha value is -6.94. The summed E-state index contributed by atoms with van der Waals surface area (Å²) in [6, 6.07) is 32.5. The third kappa shape index (κ3) is 10.3. The number of rotatable bonds is 9. The lowest BCUT2D eigenvalue weighted by Gasteiger charge is -2.25. The van der Waals surface area contributed by atoms with Gasteiger partial charge < -0.3 is 30.7 Å². The third-order valence-corrected chi connectivity index (χ3v) is 10.9. The predicted octanol–water partition coefficient (Wildman–Crippen LogP) is 7.51. The van der Waals surface area contributed by atoms with Gasteiger partial charge in [0.25, 0.3) is 5.91 Å². The molecular formula is C51H52N4O6. The van der Waals surface area contributed by atoms with Crippen LogP contribution in [-0.2, 0) is 46.8 Å². The molecule has 312 valence electrons. The van der Waals surface area contributed by atoms with Crippen LogP contribution in [0.25, 0.3) is 18.2 Å². The van der Waals surface area contributed by atoms with Crippen molar-refractivity contribution < 1.29 is 29.0 Å². The summed E-state index contributed by atoms with van der Waals surface area (Å²) in [7, 11) is 0. The smallest absolute Gasteiger partial charge is 0.407 e. The van der Waals surface area contributed by atoms with Crippen LogP contribution in [0, 0.1) is 10.4 Å². The third-order valence-electron chi connectivity index (χ3n) is 10.9. The van der Waals surface area contributed by atoms with Crippen molar-refractivity contribution in [3.8, 4) is 0 Å². The molecule has 1 unspecified atom stereocenters. The number of anilines is 2. The van der Waals surface area contributed by atoms with Gasteiger partial charge in [-0.1, -0.05) is 104 Å². The first-order valence-electron chi connectivity index (χ1n) is 20.7. The highest BCUT2D eigenvalue weighted by Gasteiger charge is 2.32. The van der Waals surface area contributed by atoms with E-state index in [0.717, 1.165) is 58.1 Å². The van der Waals surface area contributed by atoms with E-state index in [9.17, 15) is 19.2 Å². The fourth-order valence-corrected chi connectivity index (χ4v) is 8.08. The Balaban J connectivity index is 0.000000202. The molecule has 2 aliphatic carbocycles. The number of carbonyl (C=O) groups is 4. The van der Waals surface area contributed by atoms with Gasteiger partial charge in [-0.2, -0.15) is 0 Å². The van der Waals surface area contributed by atoms with Crippen LogP contribution in [-0.4, -0.2) is 40.6 Å². The van der Waals surface area contributed by atoms with Gasteiger partial charge in [0.1, 0.15) is 11.6 Å². The highest BCUT2D eigenvalue weighted by molar-refractivity contribution is 6.03. The highest BCUT2D eigenvalue weighted by atomic mass is 16.6. The van der Waals surface area contributed by atoms with E-state index in [1.165, 1.54) is 33.2 Å². The van der Waals surface area contributed by atoms with Crippen molar-refractivity contribution in [2.24, 2.45) is 0 Å². The maximum absolute atomic E-state index is 13.0. The Morgan fingerprint density at radius 2 is 1.59 bits per heavy atom. The molecule has 3 amide bonds. The van der Waals surface area contributed by atoms with E-state index in [2.05, 4.69) is 52.9 Å². The molecule has 0 saturated heterocycles. The first kappa shape index (κ1) is 42.2. The lowest BCUT2D eigenvalue weighted by molar-refractivity contribution is -0.138. The van der Waals surface area contributed by atoms with Crippen LogP contribution >= 0.6 is 0 Å². The normalized spacial score (nSPS) is 14.9. The minimum atomic E-state index is -1.02. The van der Waals surface area contributed by atoms with Crippen LogP contribution in [0.4, 0.5) is 16.2 Å². The molecule has 0 bridgehead atoms. The lowest BCUT2D eigenvalue weighted by atomic mass is 9.88. The predicted molar refractivity (Wildman–Crippen MR) is 240 cm³/mol. The van der Waals surface area contributed by atoms with Crippen LogP contribution in [0.5, 0.6) is 0 Å². The fourth-order valence-electron chi connectivity index (χ4n) is 8.08. The Morgan fingerprint density at radius 1 is 0.852 bits per heavy atom. The van der Waals surface area contributed by atoms with E-state index in [4.69, 9.17) is 9.84 Å². The van der Waals surface area contributed by atoms with Gasteiger partial charge in [-0.15, -0.1) is 0 Å². The highest BCUT2D eigenvalue weighted by Crippen LogP contribution is 2.30. The number of carbonyl (C=O) groups excluding carboxylic acids is 3. The van der Waals surface area contributed by atoms with E-state index in [-0.39, 0.29) is 18.2 Å². The molecule has 0 spiro atoms. The second kappa shape index (κ2) is 18.5. The Morgan fingerprint density at radius 3 is 2.36 bits per heavy atom. The number of para-hydroxylation sites is 2. The number of ether oxygens (including phenoxy) is 1. The van der Waals surface area contributed by atoms with Crippen molar-refractivity contribution in [3.05, 3.63) is 170 Å². The monoisotopic (exact) mass is 816 g/mol. The summed E-state index contributed by atoms with van der Waals surface area (Å²) in [5, 5.41) is 23.1. The summed E-state index contributed by atoms with van der Waals surface area (Å²) in [6.45, 7) is 10.4. The number of alkyl carbamates (subject to hydrolysis) is 1. The van der Waals surface area contributed by atoms with Gasteiger partial charge in [0.2, 0.25) is 5.91 Å². The number of hydrogen-bond acceptors (Lipinski definition) is 6. The van der Waals surface area contributed by atoms with Gasteiger partial charge in [0.15, 0.2) is 0 Å². The topological polar surface area (TPSA) is 137 Å². The molecule has 4 N–H and O–H groups in total. The number of benzene rings is 5. The quantitative estimate of drug-likeness (QED) is 0.121. The number of carboxylic acid groups (broad SMARTS) is 1. The van der Waals surface area contributed by atoms with Gasteiger partial charge in [-0.3, -0.25) is 14.4 Å². The van der Waals surface area contributed by atoms with Crippen molar-refractivity contribution >= 4 is 53.5 Å². The summed E-state index contributed by atoms with van der Waals surface area (Å²) in [4.78, 5) is 50.7. The zero-order valence-corrected chi connectivity index (χ0v) is 34.9. The van der Waals surface area contributed by atoms with Crippen molar-refractivity contribution in [1.29, 1.82) is 0 Å². The Kier molecular flexibility index (Phi) is 12.8. The van der Waals surface area contributed by atoms with Gasteiger partial charge in [-0.05, 0) is 125 Å². The van der Waals surface area contributed by atoms with Crippen molar-refractivity contribution in [1.82, 2.24) is 10.6 Å². The molecule has 0 radical (unpaired) electrons. The summed E-state index contributed by atoms with van der Waals surface area (Å²) in [5.41, 5.74) is 8.27. The van der Waals surface area contributed by atoms with Gasteiger partial charge in [0.05, 0.1) is 18.7 Å².